The molecule has 1 heterocycles. The summed E-state index contributed by atoms with van der Waals surface area (Å²) in [7, 11) is 0. The van der Waals surface area contributed by atoms with Gasteiger partial charge >= 0.3 is 0 Å². The molecule has 6 heteroatoms. The van der Waals surface area contributed by atoms with Crippen molar-refractivity contribution in [2.45, 2.75) is 14.4 Å². The second-order valence-electron chi connectivity index (χ2n) is 5.04. The lowest BCUT2D eigenvalue weighted by atomic mass is 10.1. The third-order valence-electron chi connectivity index (χ3n) is 3.44. The highest BCUT2D eigenvalue weighted by Gasteiger charge is 2.16. The van der Waals surface area contributed by atoms with Crippen LogP contribution in [0.4, 0.5) is 0 Å². The Balaban J connectivity index is 0.00000208. The molecule has 24 heavy (non-hydrogen) atoms. The number of carbonyl (C=O) groups excluding carboxylic acids is 1. The van der Waals surface area contributed by atoms with E-state index >= 15 is 0 Å². The average molecular weight is 382 g/mol. The molecular weight excluding hydrogens is 367 g/mol. The van der Waals surface area contributed by atoms with Crippen LogP contribution < -0.4 is 0 Å². The fourth-order valence-electron chi connectivity index (χ4n) is 2.34. The maximum absolute atomic E-state index is 11.5. The van der Waals surface area contributed by atoms with Gasteiger partial charge in [0.1, 0.15) is 5.69 Å². The number of carbonyl (C=O) groups is 1. The number of aryl methyl sites for hydroxylation is 1. The molecule has 0 unspecified atom stereocenters. The number of nitrogens with zero attached hydrogens (tertiary/aromatic N) is 2. The van der Waals surface area contributed by atoms with E-state index in [1.165, 1.54) is 0 Å². The summed E-state index contributed by atoms with van der Waals surface area (Å²) in [5.41, 5.74) is 3.57. The maximum atomic E-state index is 11.5. The molecule has 3 rings (SSSR count). The first-order valence-corrected chi connectivity index (χ1v) is 7.91. The minimum Gasteiger partial charge on any atom is -0.274 e. The second kappa shape index (κ2) is 7.39. The molecule has 0 saturated heterocycles. The van der Waals surface area contributed by atoms with E-state index < -0.39 is 5.24 Å². The Morgan fingerprint density at radius 1 is 1.00 bits per heavy atom. The van der Waals surface area contributed by atoms with E-state index in [9.17, 15) is 4.79 Å². The topological polar surface area (TPSA) is 34.9 Å². The van der Waals surface area contributed by atoms with Crippen molar-refractivity contribution in [3.05, 3.63) is 69.8 Å². The van der Waals surface area contributed by atoms with Crippen LogP contribution in [0.5, 0.6) is 0 Å². The summed E-state index contributed by atoms with van der Waals surface area (Å²) in [5.74, 6) is 0. The zero-order valence-corrected chi connectivity index (χ0v) is 14.3. The monoisotopic (exact) mass is 380 g/mol. The van der Waals surface area contributed by atoms with Gasteiger partial charge in [0, 0.05) is 15.6 Å². The van der Waals surface area contributed by atoms with E-state index in [4.69, 9.17) is 34.8 Å². The molecule has 0 aliphatic heterocycles. The molecule has 1 aromatic heterocycles. The Bertz CT molecular complexity index is 886. The van der Waals surface area contributed by atoms with Crippen molar-refractivity contribution in [3.8, 4) is 16.9 Å². The second-order valence-corrected chi connectivity index (χ2v) is 6.25. The molecule has 0 aliphatic rings. The first-order valence-electron chi connectivity index (χ1n) is 6.78. The summed E-state index contributed by atoms with van der Waals surface area (Å²) >= 11 is 17.6. The quantitative estimate of drug-likeness (QED) is 0.508. The summed E-state index contributed by atoms with van der Waals surface area (Å²) in [4.78, 5) is 11.5. The Labute approximate surface area is 155 Å². The third kappa shape index (κ3) is 3.64. The zero-order valence-electron chi connectivity index (χ0n) is 12.1. The number of aromatic nitrogens is 2. The first-order chi connectivity index (χ1) is 11.0. The average Bonchev–Trinajstić information content (AvgIpc) is 2.93. The number of rotatable bonds is 3. The van der Waals surface area contributed by atoms with Crippen LogP contribution in [0, 0.1) is 6.92 Å². The molecule has 0 saturated carbocycles. The molecule has 0 atom stereocenters. The molecule has 3 aromatic rings. The van der Waals surface area contributed by atoms with Gasteiger partial charge in [-0.2, -0.15) is 5.10 Å². The van der Waals surface area contributed by atoms with E-state index in [-0.39, 0.29) is 13.1 Å². The van der Waals surface area contributed by atoms with Gasteiger partial charge in [-0.25, -0.2) is 4.68 Å². The van der Waals surface area contributed by atoms with Crippen molar-refractivity contribution in [3.63, 3.8) is 0 Å². The van der Waals surface area contributed by atoms with Crippen LogP contribution in [0.2, 0.25) is 10.0 Å². The predicted molar refractivity (Wildman–Crippen MR) is 101 cm³/mol. The lowest BCUT2D eigenvalue weighted by molar-refractivity contribution is 0.107. The molecule has 0 fully saturated rings. The predicted octanol–water partition coefficient (Wildman–Crippen LogP) is 6.17. The molecule has 0 radical (unpaired) electrons. The highest BCUT2D eigenvalue weighted by atomic mass is 35.5. The van der Waals surface area contributed by atoms with Gasteiger partial charge < -0.3 is 0 Å². The molecular formula is C18H15Cl3N2O. The van der Waals surface area contributed by atoms with E-state index in [1.807, 2.05) is 31.2 Å². The molecule has 2 aromatic carbocycles. The summed E-state index contributed by atoms with van der Waals surface area (Å²) < 4.78 is 1.69. The third-order valence-corrected chi connectivity index (χ3v) is 4.12. The van der Waals surface area contributed by atoms with Gasteiger partial charge in [0.25, 0.3) is 5.24 Å². The summed E-state index contributed by atoms with van der Waals surface area (Å²) in [5, 5.41) is 5.00. The van der Waals surface area contributed by atoms with E-state index in [0.29, 0.717) is 10.0 Å². The minimum absolute atomic E-state index is 0. The first kappa shape index (κ1) is 18.5. The summed E-state index contributed by atoms with van der Waals surface area (Å²) in [6, 6.07) is 14.4. The highest BCUT2D eigenvalue weighted by Crippen LogP contribution is 2.28. The van der Waals surface area contributed by atoms with Crippen LogP contribution in [-0.2, 0) is 0 Å². The minimum atomic E-state index is -0.606. The number of hydrogen-bond acceptors (Lipinski definition) is 2. The van der Waals surface area contributed by atoms with Gasteiger partial charge in [0.05, 0.1) is 11.4 Å². The lowest BCUT2D eigenvalue weighted by Crippen LogP contribution is -2.02. The lowest BCUT2D eigenvalue weighted by Gasteiger charge is -2.11. The summed E-state index contributed by atoms with van der Waals surface area (Å²) in [6.45, 7) is 1.93. The Morgan fingerprint density at radius 3 is 2.21 bits per heavy atom. The molecule has 0 N–H and O–H groups in total. The van der Waals surface area contributed by atoms with Gasteiger partial charge in [-0.15, -0.1) is 0 Å². The standard InChI is InChI=1S/C17H11Cl3N2O.CH4/c1-10-8-13(19)6-7-15(10)22-16(9-14(21-22)17(20)23)11-2-4-12(18)5-3-11;/h2-9H,1H3;1H4. The van der Waals surface area contributed by atoms with Crippen molar-refractivity contribution < 1.29 is 4.79 Å². The van der Waals surface area contributed by atoms with Crippen LogP contribution in [0.15, 0.2) is 48.5 Å². The van der Waals surface area contributed by atoms with Crippen LogP contribution >= 0.6 is 34.8 Å². The van der Waals surface area contributed by atoms with Crippen molar-refractivity contribution in [1.82, 2.24) is 9.78 Å². The molecule has 0 aliphatic carbocycles. The molecule has 124 valence electrons. The number of halogens is 3. The van der Waals surface area contributed by atoms with Gasteiger partial charge in [0.2, 0.25) is 0 Å². The molecule has 0 spiro atoms. The van der Waals surface area contributed by atoms with E-state index in [2.05, 4.69) is 5.10 Å². The van der Waals surface area contributed by atoms with Gasteiger partial charge in [-0.3, -0.25) is 4.79 Å². The van der Waals surface area contributed by atoms with Crippen molar-refractivity contribution in [1.29, 1.82) is 0 Å². The zero-order chi connectivity index (χ0) is 16.6. The van der Waals surface area contributed by atoms with Crippen LogP contribution in [0.1, 0.15) is 23.5 Å². The van der Waals surface area contributed by atoms with Crippen molar-refractivity contribution >= 4 is 40.0 Å². The summed E-state index contributed by atoms with van der Waals surface area (Å²) in [6.07, 6.45) is 0. The number of hydrogen-bond donors (Lipinski definition) is 0. The highest BCUT2D eigenvalue weighted by molar-refractivity contribution is 6.67. The molecule has 0 bridgehead atoms. The Kier molecular flexibility index (Phi) is 5.70. The molecule has 0 amide bonds. The van der Waals surface area contributed by atoms with E-state index in [1.54, 1.807) is 28.9 Å². The fourth-order valence-corrected chi connectivity index (χ4v) is 2.79. The van der Waals surface area contributed by atoms with Crippen LogP contribution in [0.25, 0.3) is 16.9 Å². The maximum Gasteiger partial charge on any atom is 0.272 e. The normalized spacial score (nSPS) is 10.3. The Morgan fingerprint density at radius 2 is 1.62 bits per heavy atom. The smallest absolute Gasteiger partial charge is 0.272 e. The van der Waals surface area contributed by atoms with Crippen LogP contribution in [0.3, 0.4) is 0 Å². The van der Waals surface area contributed by atoms with Crippen LogP contribution in [-0.4, -0.2) is 15.0 Å². The van der Waals surface area contributed by atoms with E-state index in [0.717, 1.165) is 22.5 Å². The number of benzene rings is 2. The van der Waals surface area contributed by atoms with Crippen molar-refractivity contribution in [2.75, 3.05) is 0 Å². The Hall–Kier alpha value is -1.81. The van der Waals surface area contributed by atoms with Crippen molar-refractivity contribution in [2.24, 2.45) is 0 Å². The molecule has 3 nitrogen and oxygen atoms in total. The largest absolute Gasteiger partial charge is 0.274 e. The van der Waals surface area contributed by atoms with Gasteiger partial charge in [0.15, 0.2) is 0 Å². The van der Waals surface area contributed by atoms with Gasteiger partial charge in [-0.05, 0) is 60.5 Å². The van der Waals surface area contributed by atoms with Gasteiger partial charge in [-0.1, -0.05) is 42.8 Å². The SMILES string of the molecule is C.Cc1cc(Cl)ccc1-n1nc(C(=O)Cl)cc1-c1ccc(Cl)cc1. The fraction of sp³-hybridized carbons (Fsp3) is 0.111.